The Kier molecular flexibility index (Phi) is 5.32. The minimum Gasteiger partial charge on any atom is -0.493 e. The Hall–Kier alpha value is -2.36. The molecule has 2 aromatic carbocycles. The van der Waals surface area contributed by atoms with Gasteiger partial charge in [0.2, 0.25) is 0 Å². The lowest BCUT2D eigenvalue weighted by molar-refractivity contribution is 0.306. The fourth-order valence-corrected chi connectivity index (χ4v) is 2.10. The Balaban J connectivity index is 1.88. The molecule has 0 aliphatic rings. The van der Waals surface area contributed by atoms with Crippen LogP contribution in [-0.2, 0) is 0 Å². The standard InChI is InChI=1S/C17H22N2O2/c1-19(2)15-9-5-4-8-14(15)18-12-13-21-17-11-7-6-10-16(17)20-3/h4-11,18H,12-13H2,1-3H3. The third kappa shape index (κ3) is 4.05. The average molecular weight is 286 g/mol. The van der Waals surface area contributed by atoms with Gasteiger partial charge in [0.25, 0.3) is 0 Å². The quantitative estimate of drug-likeness (QED) is 0.792. The SMILES string of the molecule is COc1ccccc1OCCNc1ccccc1N(C)C. The monoisotopic (exact) mass is 286 g/mol. The molecular formula is C17H22N2O2. The van der Waals surface area contributed by atoms with E-state index in [1.54, 1.807) is 7.11 Å². The van der Waals surface area contributed by atoms with E-state index in [1.807, 2.05) is 50.5 Å². The van der Waals surface area contributed by atoms with E-state index >= 15 is 0 Å². The van der Waals surface area contributed by atoms with Crippen molar-refractivity contribution in [2.45, 2.75) is 0 Å². The first-order valence-corrected chi connectivity index (χ1v) is 6.98. The predicted molar refractivity (Wildman–Crippen MR) is 87.7 cm³/mol. The number of rotatable bonds is 7. The van der Waals surface area contributed by atoms with Gasteiger partial charge in [-0.1, -0.05) is 24.3 Å². The van der Waals surface area contributed by atoms with Crippen LogP contribution in [-0.4, -0.2) is 34.4 Å². The second-order valence-electron chi connectivity index (χ2n) is 4.84. The summed E-state index contributed by atoms with van der Waals surface area (Å²) < 4.78 is 11.0. The van der Waals surface area contributed by atoms with Gasteiger partial charge < -0.3 is 19.7 Å². The normalized spacial score (nSPS) is 10.0. The number of para-hydroxylation sites is 4. The Morgan fingerprint density at radius 1 is 0.952 bits per heavy atom. The molecule has 0 aromatic heterocycles. The molecule has 0 unspecified atom stereocenters. The molecule has 4 nitrogen and oxygen atoms in total. The van der Waals surface area contributed by atoms with Gasteiger partial charge in [-0.05, 0) is 24.3 Å². The zero-order valence-corrected chi connectivity index (χ0v) is 12.8. The van der Waals surface area contributed by atoms with Crippen LogP contribution < -0.4 is 19.7 Å². The summed E-state index contributed by atoms with van der Waals surface area (Å²) in [5, 5.41) is 3.39. The van der Waals surface area contributed by atoms with Crippen molar-refractivity contribution in [3.05, 3.63) is 48.5 Å². The maximum Gasteiger partial charge on any atom is 0.161 e. The predicted octanol–water partition coefficient (Wildman–Crippen LogP) is 3.25. The molecular weight excluding hydrogens is 264 g/mol. The third-order valence-corrected chi connectivity index (χ3v) is 3.13. The zero-order chi connectivity index (χ0) is 15.1. The van der Waals surface area contributed by atoms with Crippen LogP contribution in [0.3, 0.4) is 0 Å². The van der Waals surface area contributed by atoms with Gasteiger partial charge in [0.15, 0.2) is 11.5 Å². The Labute approximate surface area is 126 Å². The molecule has 4 heteroatoms. The number of nitrogens with one attached hydrogen (secondary N) is 1. The van der Waals surface area contributed by atoms with Gasteiger partial charge in [0.05, 0.1) is 18.5 Å². The molecule has 2 aromatic rings. The first-order valence-electron chi connectivity index (χ1n) is 6.98. The van der Waals surface area contributed by atoms with E-state index < -0.39 is 0 Å². The van der Waals surface area contributed by atoms with E-state index in [1.165, 1.54) is 0 Å². The fraction of sp³-hybridized carbons (Fsp3) is 0.294. The van der Waals surface area contributed by atoms with Crippen molar-refractivity contribution < 1.29 is 9.47 Å². The van der Waals surface area contributed by atoms with Crippen molar-refractivity contribution in [3.8, 4) is 11.5 Å². The van der Waals surface area contributed by atoms with Crippen LogP contribution in [0.1, 0.15) is 0 Å². The largest absolute Gasteiger partial charge is 0.493 e. The van der Waals surface area contributed by atoms with Crippen LogP contribution in [0, 0.1) is 0 Å². The number of methoxy groups -OCH3 is 1. The average Bonchev–Trinajstić information content (AvgIpc) is 2.52. The van der Waals surface area contributed by atoms with Gasteiger partial charge in [-0.2, -0.15) is 0 Å². The number of hydrogen-bond acceptors (Lipinski definition) is 4. The van der Waals surface area contributed by atoms with E-state index in [0.717, 1.165) is 29.4 Å². The first kappa shape index (κ1) is 15.0. The molecule has 2 rings (SSSR count). The number of hydrogen-bond donors (Lipinski definition) is 1. The van der Waals surface area contributed by atoms with Crippen molar-refractivity contribution in [3.63, 3.8) is 0 Å². The van der Waals surface area contributed by atoms with Gasteiger partial charge in [0.1, 0.15) is 6.61 Å². The van der Waals surface area contributed by atoms with Gasteiger partial charge in [0, 0.05) is 20.6 Å². The molecule has 0 heterocycles. The van der Waals surface area contributed by atoms with E-state index in [2.05, 4.69) is 22.3 Å². The molecule has 0 aliphatic carbocycles. The molecule has 112 valence electrons. The third-order valence-electron chi connectivity index (χ3n) is 3.13. The Bertz CT molecular complexity index is 570. The van der Waals surface area contributed by atoms with E-state index in [9.17, 15) is 0 Å². The summed E-state index contributed by atoms with van der Waals surface area (Å²) in [5.74, 6) is 1.52. The lowest BCUT2D eigenvalue weighted by atomic mass is 10.2. The van der Waals surface area contributed by atoms with Crippen molar-refractivity contribution >= 4 is 11.4 Å². The van der Waals surface area contributed by atoms with Gasteiger partial charge in [-0.25, -0.2) is 0 Å². The molecule has 0 saturated carbocycles. The minimum absolute atomic E-state index is 0.572. The maximum absolute atomic E-state index is 5.75. The second kappa shape index (κ2) is 7.43. The highest BCUT2D eigenvalue weighted by Crippen LogP contribution is 2.26. The summed E-state index contributed by atoms with van der Waals surface area (Å²) in [4.78, 5) is 2.09. The molecule has 0 saturated heterocycles. The van der Waals surface area contributed by atoms with Crippen molar-refractivity contribution in [2.75, 3.05) is 44.6 Å². The van der Waals surface area contributed by atoms with Gasteiger partial charge in [-0.3, -0.25) is 0 Å². The number of benzene rings is 2. The van der Waals surface area contributed by atoms with Crippen molar-refractivity contribution in [1.29, 1.82) is 0 Å². The summed E-state index contributed by atoms with van der Waals surface area (Å²) in [6, 6.07) is 15.9. The van der Waals surface area contributed by atoms with Crippen LogP contribution in [0.25, 0.3) is 0 Å². The second-order valence-corrected chi connectivity index (χ2v) is 4.84. The first-order chi connectivity index (χ1) is 10.2. The van der Waals surface area contributed by atoms with Crippen LogP contribution in [0.4, 0.5) is 11.4 Å². The molecule has 1 N–H and O–H groups in total. The minimum atomic E-state index is 0.572. The van der Waals surface area contributed by atoms with Crippen LogP contribution >= 0.6 is 0 Å². The highest BCUT2D eigenvalue weighted by atomic mass is 16.5. The molecule has 0 spiro atoms. The fourth-order valence-electron chi connectivity index (χ4n) is 2.10. The molecule has 0 amide bonds. The Morgan fingerprint density at radius 3 is 2.33 bits per heavy atom. The molecule has 0 aliphatic heterocycles. The smallest absolute Gasteiger partial charge is 0.161 e. The van der Waals surface area contributed by atoms with Gasteiger partial charge in [-0.15, -0.1) is 0 Å². The highest BCUT2D eigenvalue weighted by Gasteiger charge is 2.04. The molecule has 0 bridgehead atoms. The summed E-state index contributed by atoms with van der Waals surface area (Å²) in [6.07, 6.45) is 0. The molecule has 0 atom stereocenters. The maximum atomic E-state index is 5.75. The van der Waals surface area contributed by atoms with E-state index in [-0.39, 0.29) is 0 Å². The summed E-state index contributed by atoms with van der Waals surface area (Å²) in [5.41, 5.74) is 2.26. The summed E-state index contributed by atoms with van der Waals surface area (Å²) in [7, 11) is 5.71. The van der Waals surface area contributed by atoms with Crippen LogP contribution in [0.2, 0.25) is 0 Å². The van der Waals surface area contributed by atoms with Crippen LogP contribution in [0.15, 0.2) is 48.5 Å². The van der Waals surface area contributed by atoms with E-state index in [0.29, 0.717) is 6.61 Å². The van der Waals surface area contributed by atoms with Crippen molar-refractivity contribution in [2.24, 2.45) is 0 Å². The van der Waals surface area contributed by atoms with Crippen LogP contribution in [0.5, 0.6) is 11.5 Å². The molecule has 0 radical (unpaired) electrons. The highest BCUT2D eigenvalue weighted by molar-refractivity contribution is 5.69. The molecule has 0 fully saturated rings. The summed E-state index contributed by atoms with van der Waals surface area (Å²) in [6.45, 7) is 1.30. The lowest BCUT2D eigenvalue weighted by Crippen LogP contribution is -2.15. The summed E-state index contributed by atoms with van der Waals surface area (Å²) >= 11 is 0. The van der Waals surface area contributed by atoms with Crippen molar-refractivity contribution in [1.82, 2.24) is 0 Å². The molecule has 21 heavy (non-hydrogen) atoms. The Morgan fingerprint density at radius 2 is 1.62 bits per heavy atom. The van der Waals surface area contributed by atoms with E-state index in [4.69, 9.17) is 9.47 Å². The number of nitrogens with zero attached hydrogens (tertiary/aromatic N) is 1. The number of anilines is 2. The lowest BCUT2D eigenvalue weighted by Gasteiger charge is -2.18. The van der Waals surface area contributed by atoms with Gasteiger partial charge >= 0.3 is 0 Å². The topological polar surface area (TPSA) is 33.7 Å². The zero-order valence-electron chi connectivity index (χ0n) is 12.8. The number of ether oxygens (including phenoxy) is 2.